The zero-order chi connectivity index (χ0) is 18.8. The second kappa shape index (κ2) is 10.8. The van der Waals surface area contributed by atoms with Crippen LogP contribution in [0.15, 0.2) is 37.4 Å². The van der Waals surface area contributed by atoms with Crippen molar-refractivity contribution >= 4 is 12.0 Å². The summed E-state index contributed by atoms with van der Waals surface area (Å²) in [6.07, 6.45) is 9.20. The third kappa shape index (κ3) is 5.46. The summed E-state index contributed by atoms with van der Waals surface area (Å²) < 4.78 is 5.91. The minimum absolute atomic E-state index is 0.144. The summed E-state index contributed by atoms with van der Waals surface area (Å²) in [6, 6.07) is 6.02. The van der Waals surface area contributed by atoms with Crippen LogP contribution >= 0.6 is 0 Å². The van der Waals surface area contributed by atoms with Gasteiger partial charge in [0.1, 0.15) is 12.0 Å². The second-order valence-corrected chi connectivity index (χ2v) is 6.83. The lowest BCUT2D eigenvalue weighted by Crippen LogP contribution is -2.30. The normalized spacial score (nSPS) is 14.2. The fourth-order valence-corrected chi connectivity index (χ4v) is 3.36. The number of rotatable bonds is 13. The molecule has 4 heteroatoms. The number of unbranched alkanes of at least 4 members (excludes halogenated alkanes) is 3. The Balaban J connectivity index is 1.86. The molecule has 26 heavy (non-hydrogen) atoms. The summed E-state index contributed by atoms with van der Waals surface area (Å²) >= 11 is 0. The van der Waals surface area contributed by atoms with Gasteiger partial charge in [0.15, 0.2) is 0 Å². The lowest BCUT2D eigenvalue weighted by Gasteiger charge is -2.25. The number of benzene rings is 1. The van der Waals surface area contributed by atoms with Crippen LogP contribution in [0.1, 0.15) is 49.7 Å². The maximum atomic E-state index is 11.5. The smallest absolute Gasteiger partial charge is 0.142 e. The van der Waals surface area contributed by atoms with Gasteiger partial charge in [-0.3, -0.25) is 0 Å². The van der Waals surface area contributed by atoms with Gasteiger partial charge in [-0.1, -0.05) is 25.5 Å². The largest absolute Gasteiger partial charge is 0.494 e. The van der Waals surface area contributed by atoms with Gasteiger partial charge < -0.3 is 19.7 Å². The van der Waals surface area contributed by atoms with Crippen molar-refractivity contribution in [3.8, 4) is 5.75 Å². The molecule has 2 rings (SSSR count). The van der Waals surface area contributed by atoms with Crippen LogP contribution in [0.4, 0.5) is 0 Å². The third-order valence-electron chi connectivity index (χ3n) is 4.89. The molecule has 1 aliphatic heterocycles. The van der Waals surface area contributed by atoms with Gasteiger partial charge in [-0.25, -0.2) is 0 Å². The highest BCUT2D eigenvalue weighted by Gasteiger charge is 2.28. The van der Waals surface area contributed by atoms with Crippen molar-refractivity contribution < 1.29 is 9.53 Å². The van der Waals surface area contributed by atoms with Crippen molar-refractivity contribution in [2.75, 3.05) is 20.2 Å². The van der Waals surface area contributed by atoms with Gasteiger partial charge >= 0.3 is 0 Å². The topological polar surface area (TPSA) is 41.6 Å². The van der Waals surface area contributed by atoms with Crippen LogP contribution < -0.4 is 10.1 Å². The first-order chi connectivity index (χ1) is 12.7. The molecule has 0 amide bonds. The van der Waals surface area contributed by atoms with E-state index in [2.05, 4.69) is 35.5 Å². The first kappa shape index (κ1) is 20.2. The van der Waals surface area contributed by atoms with Crippen LogP contribution in [0.3, 0.4) is 0 Å². The molecule has 4 nitrogen and oxygen atoms in total. The molecule has 1 heterocycles. The molecule has 0 fully saturated rings. The highest BCUT2D eigenvalue weighted by atomic mass is 16.5. The van der Waals surface area contributed by atoms with Crippen LogP contribution in [0.25, 0.3) is 5.70 Å². The number of fused-ring (bicyclic) bond motifs is 1. The minimum Gasteiger partial charge on any atom is -0.494 e. The van der Waals surface area contributed by atoms with E-state index in [1.807, 2.05) is 19.2 Å². The number of ether oxygens (including phenoxy) is 1. The highest BCUT2D eigenvalue weighted by Crippen LogP contribution is 2.35. The molecule has 0 spiro atoms. The Bertz CT molecular complexity index is 612. The number of allylic oxidation sites excluding steroid dienone is 1. The first-order valence-electron chi connectivity index (χ1n) is 9.63. The van der Waals surface area contributed by atoms with Crippen LogP contribution in [0, 0.1) is 0 Å². The molecule has 1 atom stereocenters. The Morgan fingerprint density at radius 2 is 2.12 bits per heavy atom. The maximum absolute atomic E-state index is 11.5. The SMILES string of the molecule is C=CCCC(C=O)N1Cc2cc(OCCCCCCNC)ccc2C1=C. The van der Waals surface area contributed by atoms with Crippen molar-refractivity contribution in [1.82, 2.24) is 10.2 Å². The maximum Gasteiger partial charge on any atom is 0.142 e. The minimum atomic E-state index is -0.144. The van der Waals surface area contributed by atoms with Gasteiger partial charge in [0.05, 0.1) is 12.6 Å². The van der Waals surface area contributed by atoms with E-state index in [0.29, 0.717) is 0 Å². The molecule has 0 radical (unpaired) electrons. The number of hydrogen-bond donors (Lipinski definition) is 1. The average molecular weight is 357 g/mol. The van der Waals surface area contributed by atoms with Crippen molar-refractivity contribution in [1.29, 1.82) is 0 Å². The molecule has 0 aromatic heterocycles. The van der Waals surface area contributed by atoms with Crippen molar-refractivity contribution in [3.05, 3.63) is 48.6 Å². The molecule has 1 aromatic carbocycles. The molecular formula is C22H32N2O2. The summed E-state index contributed by atoms with van der Waals surface area (Å²) in [7, 11) is 1.99. The zero-order valence-electron chi connectivity index (χ0n) is 16.0. The van der Waals surface area contributed by atoms with Crippen molar-refractivity contribution in [2.24, 2.45) is 0 Å². The Hall–Kier alpha value is -2.07. The van der Waals surface area contributed by atoms with Crippen LogP contribution in [-0.4, -0.2) is 37.4 Å². The van der Waals surface area contributed by atoms with Gasteiger partial charge in [-0.2, -0.15) is 0 Å². The van der Waals surface area contributed by atoms with Gasteiger partial charge in [0.2, 0.25) is 0 Å². The summed E-state index contributed by atoms with van der Waals surface area (Å²) in [5.41, 5.74) is 3.24. The van der Waals surface area contributed by atoms with Gasteiger partial charge in [-0.05, 0) is 63.0 Å². The van der Waals surface area contributed by atoms with E-state index in [1.165, 1.54) is 24.8 Å². The standard InChI is InChI=1S/C22H32N2O2/c1-4-5-10-20(17-25)24-16-19-15-21(11-12-22(19)18(24)2)26-14-9-7-6-8-13-23-3/h4,11-12,15,17,20,23H,1-2,5-10,13-14,16H2,3H3. The second-order valence-electron chi connectivity index (χ2n) is 6.83. The molecule has 1 N–H and O–H groups in total. The fourth-order valence-electron chi connectivity index (χ4n) is 3.36. The number of carbonyl (C=O) groups excluding carboxylic acids is 1. The molecular weight excluding hydrogens is 324 g/mol. The van der Waals surface area contributed by atoms with E-state index in [-0.39, 0.29) is 6.04 Å². The number of nitrogens with one attached hydrogen (secondary N) is 1. The van der Waals surface area contributed by atoms with E-state index in [4.69, 9.17) is 4.74 Å². The molecule has 0 aliphatic carbocycles. The lowest BCUT2D eigenvalue weighted by molar-refractivity contribution is -0.111. The molecule has 1 unspecified atom stereocenters. The summed E-state index contributed by atoms with van der Waals surface area (Å²) in [6.45, 7) is 10.5. The molecule has 1 aliphatic rings. The number of carbonyl (C=O) groups is 1. The molecule has 142 valence electrons. The van der Waals surface area contributed by atoms with Crippen LogP contribution in [0.2, 0.25) is 0 Å². The van der Waals surface area contributed by atoms with Crippen LogP contribution in [0.5, 0.6) is 5.75 Å². The number of aldehydes is 1. The Labute approximate surface area is 157 Å². The third-order valence-corrected chi connectivity index (χ3v) is 4.89. The molecule has 0 bridgehead atoms. The predicted molar refractivity (Wildman–Crippen MR) is 108 cm³/mol. The Morgan fingerprint density at radius 1 is 1.31 bits per heavy atom. The number of hydrogen-bond acceptors (Lipinski definition) is 4. The first-order valence-corrected chi connectivity index (χ1v) is 9.63. The van der Waals surface area contributed by atoms with Crippen LogP contribution in [-0.2, 0) is 11.3 Å². The van der Waals surface area contributed by atoms with E-state index in [0.717, 1.165) is 62.3 Å². The van der Waals surface area contributed by atoms with Crippen molar-refractivity contribution in [2.45, 2.75) is 51.1 Å². The predicted octanol–water partition coefficient (Wildman–Crippen LogP) is 4.17. The quantitative estimate of drug-likeness (QED) is 0.327. The van der Waals surface area contributed by atoms with Gasteiger partial charge in [0, 0.05) is 17.8 Å². The monoisotopic (exact) mass is 356 g/mol. The number of nitrogens with zero attached hydrogens (tertiary/aromatic N) is 1. The van der Waals surface area contributed by atoms with Crippen molar-refractivity contribution in [3.63, 3.8) is 0 Å². The zero-order valence-corrected chi connectivity index (χ0v) is 16.0. The lowest BCUT2D eigenvalue weighted by atomic mass is 10.1. The van der Waals surface area contributed by atoms with Gasteiger partial charge in [-0.15, -0.1) is 6.58 Å². The summed E-state index contributed by atoms with van der Waals surface area (Å²) in [5.74, 6) is 0.905. The summed E-state index contributed by atoms with van der Waals surface area (Å²) in [5, 5.41) is 3.17. The van der Waals surface area contributed by atoms with E-state index >= 15 is 0 Å². The van der Waals surface area contributed by atoms with E-state index in [9.17, 15) is 4.79 Å². The Kier molecular flexibility index (Phi) is 8.42. The molecule has 0 saturated carbocycles. The molecule has 0 saturated heterocycles. The highest BCUT2D eigenvalue weighted by molar-refractivity contribution is 5.73. The van der Waals surface area contributed by atoms with E-state index in [1.54, 1.807) is 0 Å². The average Bonchev–Trinajstić information content (AvgIpc) is 2.98. The van der Waals surface area contributed by atoms with Gasteiger partial charge in [0.25, 0.3) is 0 Å². The Morgan fingerprint density at radius 3 is 2.85 bits per heavy atom. The summed E-state index contributed by atoms with van der Waals surface area (Å²) in [4.78, 5) is 13.6. The van der Waals surface area contributed by atoms with E-state index < -0.39 is 0 Å². The molecule has 1 aromatic rings. The fraction of sp³-hybridized carbons (Fsp3) is 0.500.